The number of carbonyl (C=O) groups is 2. The molecule has 0 aliphatic carbocycles. The van der Waals surface area contributed by atoms with Crippen molar-refractivity contribution in [3.63, 3.8) is 0 Å². The van der Waals surface area contributed by atoms with Gasteiger partial charge in [-0.2, -0.15) is 0 Å². The van der Waals surface area contributed by atoms with Gasteiger partial charge in [-0.3, -0.25) is 9.59 Å². The number of carbonyl (C=O) groups excluding carboxylic acids is 2. The molecule has 8 heteroatoms. The van der Waals surface area contributed by atoms with Crippen molar-refractivity contribution in [3.8, 4) is 5.75 Å². The van der Waals surface area contributed by atoms with Gasteiger partial charge in [-0.05, 0) is 65.7 Å². The molecule has 0 aromatic heterocycles. The number of amides is 2. The number of ether oxygens (including phenoxy) is 2. The lowest BCUT2D eigenvalue weighted by Crippen LogP contribution is -2.30. The summed E-state index contributed by atoms with van der Waals surface area (Å²) in [5.41, 5.74) is 1.88. The number of hydrogen-bond acceptors (Lipinski definition) is 4. The quantitative estimate of drug-likeness (QED) is 0.568. The highest BCUT2D eigenvalue weighted by atomic mass is 79.9. The molecular formula is C20H22BrClN2O4. The van der Waals surface area contributed by atoms with Crippen LogP contribution in [-0.4, -0.2) is 38.2 Å². The Balaban J connectivity index is 1.99. The zero-order valence-corrected chi connectivity index (χ0v) is 18.2. The average molecular weight is 470 g/mol. The molecule has 2 rings (SSSR count). The molecule has 2 N–H and O–H groups in total. The van der Waals surface area contributed by atoms with Gasteiger partial charge in [-0.25, -0.2) is 0 Å². The van der Waals surface area contributed by atoms with Crippen molar-refractivity contribution >= 4 is 45.0 Å². The van der Waals surface area contributed by atoms with Crippen LogP contribution in [0.25, 0.3) is 0 Å². The topological polar surface area (TPSA) is 76.7 Å². The predicted octanol–water partition coefficient (Wildman–Crippen LogP) is 4.19. The molecule has 28 heavy (non-hydrogen) atoms. The lowest BCUT2D eigenvalue weighted by atomic mass is 10.2. The Morgan fingerprint density at radius 2 is 1.96 bits per heavy atom. The number of anilines is 1. The minimum atomic E-state index is -0.727. The summed E-state index contributed by atoms with van der Waals surface area (Å²) in [7, 11) is 1.55. The van der Waals surface area contributed by atoms with Gasteiger partial charge in [0.05, 0.1) is 21.7 Å². The smallest absolute Gasteiger partial charge is 0.265 e. The molecule has 0 spiro atoms. The third kappa shape index (κ3) is 6.22. The zero-order chi connectivity index (χ0) is 20.7. The molecule has 0 bridgehead atoms. The SMILES string of the molecule is COCCNC(=O)c1ccc(NC(=O)C(C)Oc2ccc(C)cc2Br)cc1Cl. The van der Waals surface area contributed by atoms with Crippen molar-refractivity contribution in [3.05, 3.63) is 57.0 Å². The Bertz CT molecular complexity index is 860. The first kappa shape index (κ1) is 22.2. The fraction of sp³-hybridized carbons (Fsp3) is 0.300. The first-order chi connectivity index (χ1) is 13.3. The fourth-order valence-electron chi connectivity index (χ4n) is 2.33. The minimum Gasteiger partial charge on any atom is -0.480 e. The van der Waals surface area contributed by atoms with Gasteiger partial charge < -0.3 is 20.1 Å². The standard InChI is InChI=1S/C20H22BrClN2O4/c1-12-4-7-18(16(21)10-12)28-13(2)19(25)24-14-5-6-15(17(22)11-14)20(26)23-8-9-27-3/h4-7,10-11,13H,8-9H2,1-3H3,(H,23,26)(H,24,25). The molecule has 0 aliphatic rings. The van der Waals surface area contributed by atoms with Gasteiger partial charge in [-0.15, -0.1) is 0 Å². The van der Waals surface area contributed by atoms with Crippen LogP contribution in [0.3, 0.4) is 0 Å². The number of benzene rings is 2. The normalized spacial score (nSPS) is 11.6. The van der Waals surface area contributed by atoms with Crippen LogP contribution < -0.4 is 15.4 Å². The monoisotopic (exact) mass is 468 g/mol. The molecule has 0 radical (unpaired) electrons. The number of halogens is 2. The van der Waals surface area contributed by atoms with Crippen molar-refractivity contribution < 1.29 is 19.1 Å². The van der Waals surface area contributed by atoms with Crippen LogP contribution in [0.5, 0.6) is 5.75 Å². The summed E-state index contributed by atoms with van der Waals surface area (Å²) < 4.78 is 11.4. The molecule has 0 aliphatic heterocycles. The molecule has 1 atom stereocenters. The largest absolute Gasteiger partial charge is 0.480 e. The average Bonchev–Trinajstić information content (AvgIpc) is 2.64. The second-order valence-corrected chi connectivity index (χ2v) is 7.39. The van der Waals surface area contributed by atoms with E-state index in [2.05, 4.69) is 26.6 Å². The second-order valence-electron chi connectivity index (χ2n) is 6.13. The highest BCUT2D eigenvalue weighted by molar-refractivity contribution is 9.10. The summed E-state index contributed by atoms with van der Waals surface area (Å²) in [6.45, 7) is 4.41. The molecule has 6 nitrogen and oxygen atoms in total. The van der Waals surface area contributed by atoms with Crippen LogP contribution in [0.2, 0.25) is 5.02 Å². The molecule has 0 saturated heterocycles. The number of methoxy groups -OCH3 is 1. The zero-order valence-electron chi connectivity index (χ0n) is 15.8. The molecule has 0 fully saturated rings. The van der Waals surface area contributed by atoms with Crippen LogP contribution in [0, 0.1) is 6.92 Å². The number of aryl methyl sites for hydroxylation is 1. The van der Waals surface area contributed by atoms with E-state index in [9.17, 15) is 9.59 Å². The molecule has 0 saturated carbocycles. The van der Waals surface area contributed by atoms with Gasteiger partial charge in [0.15, 0.2) is 6.10 Å². The Morgan fingerprint density at radius 3 is 2.61 bits per heavy atom. The van der Waals surface area contributed by atoms with Crippen molar-refractivity contribution in [1.29, 1.82) is 0 Å². The Kier molecular flexibility index (Phi) is 8.29. The minimum absolute atomic E-state index is 0.238. The Hall–Kier alpha value is -2.09. The van der Waals surface area contributed by atoms with E-state index >= 15 is 0 Å². The van der Waals surface area contributed by atoms with Crippen LogP contribution in [0.4, 0.5) is 5.69 Å². The third-order valence-electron chi connectivity index (χ3n) is 3.83. The number of hydrogen-bond donors (Lipinski definition) is 2. The summed E-state index contributed by atoms with van der Waals surface area (Å²) in [4.78, 5) is 24.5. The van der Waals surface area contributed by atoms with E-state index in [0.717, 1.165) is 10.0 Å². The van der Waals surface area contributed by atoms with Crippen molar-refractivity contribution in [2.24, 2.45) is 0 Å². The fourth-order valence-corrected chi connectivity index (χ4v) is 3.18. The van der Waals surface area contributed by atoms with E-state index in [4.69, 9.17) is 21.1 Å². The Labute approximate surface area is 177 Å². The van der Waals surface area contributed by atoms with Crippen LogP contribution in [0.1, 0.15) is 22.8 Å². The summed E-state index contributed by atoms with van der Waals surface area (Å²) in [5, 5.41) is 5.67. The molecular weight excluding hydrogens is 448 g/mol. The molecule has 2 aromatic carbocycles. The number of nitrogens with one attached hydrogen (secondary N) is 2. The predicted molar refractivity (Wildman–Crippen MR) is 113 cm³/mol. The molecule has 0 heterocycles. The van der Waals surface area contributed by atoms with Gasteiger partial charge in [0.25, 0.3) is 11.8 Å². The van der Waals surface area contributed by atoms with Crippen LogP contribution in [-0.2, 0) is 9.53 Å². The van der Waals surface area contributed by atoms with E-state index < -0.39 is 6.10 Å². The van der Waals surface area contributed by atoms with Crippen LogP contribution >= 0.6 is 27.5 Å². The highest BCUT2D eigenvalue weighted by Crippen LogP contribution is 2.27. The summed E-state index contributed by atoms with van der Waals surface area (Å²) in [6.07, 6.45) is -0.727. The van der Waals surface area contributed by atoms with Gasteiger partial charge >= 0.3 is 0 Å². The molecule has 150 valence electrons. The van der Waals surface area contributed by atoms with Crippen molar-refractivity contribution in [1.82, 2.24) is 5.32 Å². The summed E-state index contributed by atoms with van der Waals surface area (Å²) in [6, 6.07) is 10.3. The van der Waals surface area contributed by atoms with Gasteiger partial charge in [0.2, 0.25) is 0 Å². The van der Waals surface area contributed by atoms with E-state index in [1.807, 2.05) is 19.1 Å². The van der Waals surface area contributed by atoms with Crippen molar-refractivity contribution in [2.75, 3.05) is 25.6 Å². The van der Waals surface area contributed by atoms with Crippen LogP contribution in [0.15, 0.2) is 40.9 Å². The summed E-state index contributed by atoms with van der Waals surface area (Å²) >= 11 is 9.61. The first-order valence-electron chi connectivity index (χ1n) is 8.62. The first-order valence-corrected chi connectivity index (χ1v) is 9.79. The highest BCUT2D eigenvalue weighted by Gasteiger charge is 2.17. The van der Waals surface area contributed by atoms with Crippen molar-refractivity contribution in [2.45, 2.75) is 20.0 Å². The van der Waals surface area contributed by atoms with E-state index in [1.165, 1.54) is 6.07 Å². The second kappa shape index (κ2) is 10.5. The van der Waals surface area contributed by atoms with Gasteiger partial charge in [-0.1, -0.05) is 17.7 Å². The van der Waals surface area contributed by atoms with E-state index in [1.54, 1.807) is 32.2 Å². The third-order valence-corrected chi connectivity index (χ3v) is 4.77. The maximum absolute atomic E-state index is 12.4. The summed E-state index contributed by atoms with van der Waals surface area (Å²) in [5.74, 6) is -0.0592. The molecule has 2 aromatic rings. The number of rotatable bonds is 8. The maximum atomic E-state index is 12.4. The van der Waals surface area contributed by atoms with E-state index in [0.29, 0.717) is 30.2 Å². The lowest BCUT2D eigenvalue weighted by molar-refractivity contribution is -0.122. The molecule has 2 amide bonds. The Morgan fingerprint density at radius 1 is 1.21 bits per heavy atom. The van der Waals surface area contributed by atoms with Gasteiger partial charge in [0, 0.05) is 19.3 Å². The molecule has 1 unspecified atom stereocenters. The van der Waals surface area contributed by atoms with E-state index in [-0.39, 0.29) is 16.8 Å². The maximum Gasteiger partial charge on any atom is 0.265 e. The lowest BCUT2D eigenvalue weighted by Gasteiger charge is -2.16. The van der Waals surface area contributed by atoms with Gasteiger partial charge in [0.1, 0.15) is 5.75 Å².